The molecule has 0 aliphatic carbocycles. The van der Waals surface area contributed by atoms with Gasteiger partial charge in [-0.05, 0) is 19.1 Å². The highest BCUT2D eigenvalue weighted by Gasteiger charge is 2.56. The molecule has 1 saturated heterocycles. The summed E-state index contributed by atoms with van der Waals surface area (Å²) in [6, 6.07) is 2.91. The lowest BCUT2D eigenvalue weighted by Gasteiger charge is -2.30. The van der Waals surface area contributed by atoms with Gasteiger partial charge in [-0.3, -0.25) is 0 Å². The quantitative estimate of drug-likeness (QED) is 0.455. The Kier molecular flexibility index (Phi) is 5.12. The predicted molar refractivity (Wildman–Crippen MR) is 98.8 cm³/mol. The van der Waals surface area contributed by atoms with Crippen molar-refractivity contribution in [3.8, 4) is 0 Å². The Morgan fingerprint density at radius 3 is 2.61 bits per heavy atom. The zero-order valence-corrected chi connectivity index (χ0v) is 16.0. The first-order valence-electron chi connectivity index (χ1n) is 9.12. The average Bonchev–Trinajstić information content (AvgIpc) is 3.21. The van der Waals surface area contributed by atoms with Crippen LogP contribution in [0.15, 0.2) is 30.7 Å². The first-order chi connectivity index (χ1) is 14.6. The van der Waals surface area contributed by atoms with Crippen LogP contribution in [0.4, 0.5) is 23.4 Å². The number of fused-ring (bicyclic) bond motifs is 1. The molecule has 0 spiro atoms. The lowest BCUT2D eigenvalue weighted by molar-refractivity contribution is -0.115. The maximum absolute atomic E-state index is 14.5. The van der Waals surface area contributed by atoms with Crippen LogP contribution in [0.25, 0.3) is 11.0 Å². The second-order valence-corrected chi connectivity index (χ2v) is 7.45. The van der Waals surface area contributed by atoms with Crippen molar-refractivity contribution in [2.45, 2.75) is 43.5 Å². The van der Waals surface area contributed by atoms with E-state index in [9.17, 15) is 32.9 Å². The molecule has 0 saturated carbocycles. The minimum absolute atomic E-state index is 0.160. The SMILES string of the molecule is C[C@@]1(O)[C@@H]([C@H](O)c2ccc(F)c(C(F)F)c2F)O[C@@H](n2ccc3c(N)ncnc32)[C@@H]1O. The highest BCUT2D eigenvalue weighted by Crippen LogP contribution is 2.44. The van der Waals surface area contributed by atoms with E-state index in [1.807, 2.05) is 0 Å². The van der Waals surface area contributed by atoms with Crippen molar-refractivity contribution >= 4 is 16.9 Å². The normalized spacial score (nSPS) is 27.3. The molecule has 12 heteroatoms. The molecule has 5 atom stereocenters. The number of aliphatic hydroxyl groups excluding tert-OH is 2. The molecule has 0 bridgehead atoms. The van der Waals surface area contributed by atoms with Crippen LogP contribution >= 0.6 is 0 Å². The van der Waals surface area contributed by atoms with Gasteiger partial charge in [0.15, 0.2) is 6.23 Å². The summed E-state index contributed by atoms with van der Waals surface area (Å²) in [5.74, 6) is -2.98. The Labute approximate surface area is 172 Å². The zero-order chi connectivity index (χ0) is 22.7. The minimum Gasteiger partial charge on any atom is -0.385 e. The highest BCUT2D eigenvalue weighted by atomic mass is 19.3. The molecule has 1 aliphatic heterocycles. The van der Waals surface area contributed by atoms with E-state index >= 15 is 0 Å². The molecule has 31 heavy (non-hydrogen) atoms. The number of benzene rings is 1. The molecule has 5 N–H and O–H groups in total. The molecule has 1 fully saturated rings. The van der Waals surface area contributed by atoms with Crippen molar-refractivity contribution in [2.75, 3.05) is 5.73 Å². The number of aromatic nitrogens is 3. The number of rotatable bonds is 4. The second kappa shape index (κ2) is 7.41. The maximum Gasteiger partial charge on any atom is 0.269 e. The van der Waals surface area contributed by atoms with Gasteiger partial charge in [-0.25, -0.2) is 27.5 Å². The number of nitrogens with two attached hydrogens (primary N) is 1. The fourth-order valence-electron chi connectivity index (χ4n) is 3.80. The van der Waals surface area contributed by atoms with E-state index in [2.05, 4.69) is 9.97 Å². The molecule has 1 aromatic carbocycles. The van der Waals surface area contributed by atoms with Gasteiger partial charge in [0.2, 0.25) is 0 Å². The smallest absolute Gasteiger partial charge is 0.269 e. The maximum atomic E-state index is 14.5. The van der Waals surface area contributed by atoms with Crippen LogP contribution in [0.2, 0.25) is 0 Å². The number of alkyl halides is 2. The molecule has 2 aromatic heterocycles. The van der Waals surface area contributed by atoms with Crippen molar-refractivity contribution in [1.82, 2.24) is 14.5 Å². The fourth-order valence-corrected chi connectivity index (χ4v) is 3.80. The van der Waals surface area contributed by atoms with Gasteiger partial charge >= 0.3 is 0 Å². The van der Waals surface area contributed by atoms with E-state index in [0.29, 0.717) is 11.5 Å². The van der Waals surface area contributed by atoms with Gasteiger partial charge in [-0.2, -0.15) is 0 Å². The van der Waals surface area contributed by atoms with Crippen LogP contribution < -0.4 is 5.73 Å². The summed E-state index contributed by atoms with van der Waals surface area (Å²) in [4.78, 5) is 7.91. The predicted octanol–water partition coefficient (Wildman–Crippen LogP) is 1.97. The van der Waals surface area contributed by atoms with E-state index in [1.54, 1.807) is 6.07 Å². The molecule has 0 unspecified atom stereocenters. The topological polar surface area (TPSA) is 127 Å². The van der Waals surface area contributed by atoms with Gasteiger partial charge in [0, 0.05) is 11.8 Å². The zero-order valence-electron chi connectivity index (χ0n) is 16.0. The Hall–Kier alpha value is -2.80. The summed E-state index contributed by atoms with van der Waals surface area (Å²) < 4.78 is 61.2. The first kappa shape index (κ1) is 21.4. The van der Waals surface area contributed by atoms with E-state index in [4.69, 9.17) is 10.5 Å². The van der Waals surface area contributed by atoms with E-state index < -0.39 is 59.3 Å². The van der Waals surface area contributed by atoms with Crippen LogP contribution in [0, 0.1) is 11.6 Å². The van der Waals surface area contributed by atoms with Gasteiger partial charge in [0.1, 0.15) is 53.3 Å². The van der Waals surface area contributed by atoms with Crippen LogP contribution in [0.1, 0.15) is 36.8 Å². The molecular weight excluding hydrogens is 424 g/mol. The third-order valence-electron chi connectivity index (χ3n) is 5.53. The van der Waals surface area contributed by atoms with Crippen molar-refractivity contribution in [3.63, 3.8) is 0 Å². The lowest BCUT2D eigenvalue weighted by atomic mass is 9.87. The van der Waals surface area contributed by atoms with Crippen molar-refractivity contribution in [3.05, 3.63) is 53.5 Å². The summed E-state index contributed by atoms with van der Waals surface area (Å²) in [5, 5.41) is 32.6. The van der Waals surface area contributed by atoms with E-state index in [1.165, 1.54) is 17.1 Å². The fraction of sp³-hybridized carbons (Fsp3) is 0.368. The molecule has 8 nitrogen and oxygen atoms in total. The average molecular weight is 442 g/mol. The van der Waals surface area contributed by atoms with Gasteiger partial charge < -0.3 is 30.4 Å². The molecule has 0 radical (unpaired) electrons. The molecule has 166 valence electrons. The van der Waals surface area contributed by atoms with Crippen molar-refractivity contribution in [2.24, 2.45) is 0 Å². The number of hydrogen-bond acceptors (Lipinski definition) is 7. The molecule has 3 heterocycles. The molecule has 3 aromatic rings. The Morgan fingerprint density at radius 2 is 1.94 bits per heavy atom. The number of nitrogen functional groups attached to an aromatic ring is 1. The number of anilines is 1. The Balaban J connectivity index is 1.73. The van der Waals surface area contributed by atoms with Crippen molar-refractivity contribution in [1.29, 1.82) is 0 Å². The van der Waals surface area contributed by atoms with Gasteiger partial charge in [-0.1, -0.05) is 6.07 Å². The molecular formula is C19H18F4N4O4. The van der Waals surface area contributed by atoms with Gasteiger partial charge in [0.05, 0.1) is 10.9 Å². The monoisotopic (exact) mass is 442 g/mol. The number of hydrogen-bond donors (Lipinski definition) is 4. The van der Waals surface area contributed by atoms with Gasteiger partial charge in [0.25, 0.3) is 6.43 Å². The second-order valence-electron chi connectivity index (χ2n) is 7.45. The summed E-state index contributed by atoms with van der Waals surface area (Å²) in [5.41, 5.74) is 1.68. The van der Waals surface area contributed by atoms with Crippen LogP contribution in [-0.4, -0.2) is 47.7 Å². The minimum atomic E-state index is -3.47. The van der Waals surface area contributed by atoms with Gasteiger partial charge in [-0.15, -0.1) is 0 Å². The molecule has 1 aliphatic rings. The van der Waals surface area contributed by atoms with E-state index in [-0.39, 0.29) is 11.5 Å². The Morgan fingerprint density at radius 1 is 1.23 bits per heavy atom. The summed E-state index contributed by atoms with van der Waals surface area (Å²) >= 11 is 0. The standard InChI is InChI=1S/C19H18F4N4O4/c1-19(30)13(29)18(27-5-4-8-16(24)25-6-26-17(8)27)31-14(19)12(28)7-2-3-9(20)10(11(7)21)15(22)23/h2-6,12-15,18,28-30H,1H3,(H2,24,25,26)/t12-,13+,14-,18-,19+/m1/s1. The first-order valence-corrected chi connectivity index (χ1v) is 9.12. The number of nitrogens with zero attached hydrogens (tertiary/aromatic N) is 3. The summed E-state index contributed by atoms with van der Waals surface area (Å²) in [6.07, 6.45) is -7.42. The van der Waals surface area contributed by atoms with Crippen LogP contribution in [0.3, 0.4) is 0 Å². The summed E-state index contributed by atoms with van der Waals surface area (Å²) in [6.45, 7) is 1.13. The largest absolute Gasteiger partial charge is 0.385 e. The van der Waals surface area contributed by atoms with Crippen molar-refractivity contribution < 1.29 is 37.6 Å². The molecule has 4 rings (SSSR count). The third kappa shape index (κ3) is 3.22. The Bertz CT molecular complexity index is 1140. The summed E-state index contributed by atoms with van der Waals surface area (Å²) in [7, 11) is 0. The number of aliphatic hydroxyl groups is 3. The highest BCUT2D eigenvalue weighted by molar-refractivity contribution is 5.86. The molecule has 0 amide bonds. The number of ether oxygens (including phenoxy) is 1. The third-order valence-corrected chi connectivity index (χ3v) is 5.53. The van der Waals surface area contributed by atoms with Crippen LogP contribution in [-0.2, 0) is 4.74 Å². The van der Waals surface area contributed by atoms with Crippen LogP contribution in [0.5, 0.6) is 0 Å². The van der Waals surface area contributed by atoms with E-state index in [0.717, 1.165) is 13.0 Å². The number of halogens is 4. The lowest BCUT2D eigenvalue weighted by Crippen LogP contribution is -2.47.